The smallest absolute Gasteiger partial charge is 0.286 e. The van der Waals surface area contributed by atoms with Gasteiger partial charge >= 0.3 is 0 Å². The van der Waals surface area contributed by atoms with Gasteiger partial charge in [0.1, 0.15) is 23.3 Å². The number of hydrazine groups is 2. The van der Waals surface area contributed by atoms with E-state index in [4.69, 9.17) is 20.3 Å². The van der Waals surface area contributed by atoms with Gasteiger partial charge in [-0.3, -0.25) is 24.0 Å². The van der Waals surface area contributed by atoms with E-state index in [1.165, 1.54) is 122 Å². The van der Waals surface area contributed by atoms with Crippen LogP contribution in [0.15, 0.2) is 52.1 Å². The van der Waals surface area contributed by atoms with Gasteiger partial charge in [0.2, 0.25) is 5.91 Å². The van der Waals surface area contributed by atoms with Crippen LogP contribution in [0.4, 0.5) is 10.3 Å². The Bertz CT molecular complexity index is 3470. The van der Waals surface area contributed by atoms with Crippen LogP contribution < -0.4 is 9.80 Å². The van der Waals surface area contributed by atoms with Crippen molar-refractivity contribution in [2.45, 2.75) is 258 Å². The standard InChI is InChI=1S/C41H59N5O2S.C29H46N2OS.C12H15N3O2.CH4O/c1-9-13-18-32(11-3)26-44(27-33(12-4)19-14-10-2)41-43-38(37-29(6)22-28(5)23-30(37)7)36(49-41)24-34-31(8)35(25-42)40(48)46(39(34)47)45-20-16-15-17-21-45;1-8-12-14-24(10-3)18-31(19-25(11-4)15-13-9-2)29-30-28(26(20-32)33-29)27-22(6)16-21(5)17-23(27)7;1-9-7-11(16)15(12(17)10(9)8-13)14-5-3-2-4-6-14;1-2/h22-24,32-33H,9-21,26-27H2,1-8H3;16-17,20,24-25H,8-15,18-19H2,1-7H3;2-7H2,1H3;2H,1H3/b34-24-;;;. The van der Waals surface area contributed by atoms with Crippen LogP contribution in [0.25, 0.3) is 28.6 Å². The summed E-state index contributed by atoms with van der Waals surface area (Å²) >= 11 is 3.23. The molecule has 4 amide bonds. The normalized spacial score (nSPS) is 16.9. The zero-order chi connectivity index (χ0) is 74.5. The Labute approximate surface area is 616 Å². The molecule has 0 saturated carbocycles. The third kappa shape index (κ3) is 23.2. The van der Waals surface area contributed by atoms with Crippen molar-refractivity contribution in [3.63, 3.8) is 0 Å². The van der Waals surface area contributed by atoms with Crippen molar-refractivity contribution in [2.75, 3.05) is 69.3 Å². The molecule has 2 saturated heterocycles. The molecule has 101 heavy (non-hydrogen) atoms. The maximum absolute atomic E-state index is 14.3. The largest absolute Gasteiger partial charge is 0.400 e. The molecule has 0 bridgehead atoms. The van der Waals surface area contributed by atoms with Crippen LogP contribution in [0.3, 0.4) is 0 Å². The third-order valence-corrected chi connectivity index (χ3v) is 22.8. The summed E-state index contributed by atoms with van der Waals surface area (Å²) in [5, 5.41) is 34.1. The van der Waals surface area contributed by atoms with Gasteiger partial charge in [0.05, 0.1) is 27.6 Å². The zero-order valence-electron chi connectivity index (χ0n) is 65.0. The molecule has 4 aliphatic heterocycles. The summed E-state index contributed by atoms with van der Waals surface area (Å²) < 4.78 is 0. The Morgan fingerprint density at radius 1 is 0.505 bits per heavy atom. The number of aromatic nitrogens is 2. The summed E-state index contributed by atoms with van der Waals surface area (Å²) in [6.07, 6.45) is 28.6. The number of benzene rings is 2. The van der Waals surface area contributed by atoms with Crippen LogP contribution in [-0.4, -0.2) is 124 Å². The number of carbonyl (C=O) groups is 5. The van der Waals surface area contributed by atoms with E-state index in [-0.39, 0.29) is 29.4 Å². The molecular weight excluding hydrogens is 1300 g/mol. The van der Waals surface area contributed by atoms with E-state index in [1.54, 1.807) is 41.5 Å². The van der Waals surface area contributed by atoms with E-state index >= 15 is 0 Å². The summed E-state index contributed by atoms with van der Waals surface area (Å²) in [5.74, 6) is 0.959. The molecule has 8 rings (SSSR count). The van der Waals surface area contributed by atoms with E-state index in [9.17, 15) is 29.2 Å². The van der Waals surface area contributed by atoms with Crippen LogP contribution in [0, 0.1) is 87.9 Å². The molecule has 4 atom stereocenters. The Hall–Kier alpha value is -6.67. The van der Waals surface area contributed by atoms with Crippen molar-refractivity contribution in [1.29, 1.82) is 10.5 Å². The fourth-order valence-electron chi connectivity index (χ4n) is 14.8. The highest BCUT2D eigenvalue weighted by Crippen LogP contribution is 2.42. The minimum absolute atomic E-state index is 0.0375. The monoisotopic (exact) mass is 1420 g/mol. The minimum Gasteiger partial charge on any atom is -0.400 e. The van der Waals surface area contributed by atoms with Gasteiger partial charge in [-0.15, -0.1) is 0 Å². The molecule has 4 unspecified atom stereocenters. The number of unbranched alkanes of at least 4 members (excludes halogenated alkanes) is 4. The quantitative estimate of drug-likeness (QED) is 0.0275. The predicted octanol–water partition coefficient (Wildman–Crippen LogP) is 19.3. The van der Waals surface area contributed by atoms with Crippen molar-refractivity contribution in [1.82, 2.24) is 30.0 Å². The SMILES string of the molecule is CC1=C(C#N)C(=O)N(N2CCCCC2)C(=O)C1.CCCCC(CC)CN(CC(CC)CCCC)c1nc(-c2c(C)cc(C)cc2C)c(/C=C2\C(=O)N(N3CCCCC3)C(=O)C(C#N)=C2C)s1.CCCCC(CC)CN(CC(CC)CCCC)c1nc(-c2c(C)cc(C)cc2C)c(C=O)s1.CO. The average molecular weight is 1420 g/mol. The van der Waals surface area contributed by atoms with E-state index < -0.39 is 11.8 Å². The Morgan fingerprint density at radius 2 is 0.851 bits per heavy atom. The number of hydrogen-bond acceptors (Lipinski definition) is 16. The van der Waals surface area contributed by atoms with Gasteiger partial charge in [0, 0.05) is 76.2 Å². The number of aliphatic hydroxyl groups is 1. The second kappa shape index (κ2) is 43.4. The van der Waals surface area contributed by atoms with Crippen LogP contribution in [-0.2, 0) is 19.2 Å². The van der Waals surface area contributed by atoms with Crippen molar-refractivity contribution in [3.8, 4) is 34.7 Å². The number of nitrogens with zero attached hydrogens (tertiary/aromatic N) is 10. The highest BCUT2D eigenvalue weighted by Gasteiger charge is 2.41. The first-order chi connectivity index (χ1) is 48.6. The number of aryl methyl sites for hydroxylation is 6. The number of anilines is 2. The molecule has 18 heteroatoms. The lowest BCUT2D eigenvalue weighted by molar-refractivity contribution is -0.164. The lowest BCUT2D eigenvalue weighted by Crippen LogP contribution is -2.54. The molecule has 1 N–H and O–H groups in total. The number of aldehydes is 1. The number of imide groups is 2. The summed E-state index contributed by atoms with van der Waals surface area (Å²) in [6, 6.07) is 12.8. The average Bonchev–Trinajstić information content (AvgIpc) is 1.76. The van der Waals surface area contributed by atoms with Crippen LogP contribution in [0.2, 0.25) is 0 Å². The highest BCUT2D eigenvalue weighted by molar-refractivity contribution is 7.17. The van der Waals surface area contributed by atoms with Gasteiger partial charge in [0.25, 0.3) is 17.7 Å². The van der Waals surface area contributed by atoms with Crippen molar-refractivity contribution in [3.05, 3.63) is 95.3 Å². The number of amides is 4. The van der Waals surface area contributed by atoms with Gasteiger partial charge in [-0.1, -0.05) is 203 Å². The molecule has 4 aliphatic rings. The molecule has 2 aromatic carbocycles. The Morgan fingerprint density at radius 3 is 1.20 bits per heavy atom. The van der Waals surface area contributed by atoms with E-state index in [2.05, 4.69) is 137 Å². The number of aliphatic hydroxyl groups excluding tert-OH is 1. The summed E-state index contributed by atoms with van der Waals surface area (Å²) in [4.78, 5) is 81.2. The molecule has 0 radical (unpaired) electrons. The first kappa shape index (κ1) is 85.0. The number of hydrogen-bond donors (Lipinski definition) is 1. The first-order valence-corrected chi connectivity index (χ1v) is 40.0. The second-order valence-corrected chi connectivity index (χ2v) is 30.7. The van der Waals surface area contributed by atoms with Crippen molar-refractivity contribution in [2.24, 2.45) is 23.7 Å². The van der Waals surface area contributed by atoms with Crippen molar-refractivity contribution < 1.29 is 29.1 Å². The maximum atomic E-state index is 14.3. The molecule has 2 aromatic heterocycles. The number of nitriles is 2. The van der Waals surface area contributed by atoms with E-state index in [0.717, 1.165) is 158 Å². The lowest BCUT2D eigenvalue weighted by Gasteiger charge is -2.38. The molecule has 0 spiro atoms. The van der Waals surface area contributed by atoms with Gasteiger partial charge in [0.15, 0.2) is 16.5 Å². The molecule has 2 fully saturated rings. The summed E-state index contributed by atoms with van der Waals surface area (Å²) in [6.45, 7) is 41.2. The molecule has 4 aromatic rings. The van der Waals surface area contributed by atoms with Gasteiger partial charge in [-0.05, 0) is 170 Å². The van der Waals surface area contributed by atoms with Crippen LogP contribution >= 0.6 is 22.7 Å². The fourth-order valence-corrected chi connectivity index (χ4v) is 16.7. The van der Waals surface area contributed by atoms with Crippen LogP contribution in [0.1, 0.15) is 265 Å². The fraction of sp³-hybridized carbons (Fsp3) is 0.627. The number of carbonyl (C=O) groups excluding carboxylic acids is 5. The van der Waals surface area contributed by atoms with Gasteiger partial charge in [-0.25, -0.2) is 30.0 Å². The van der Waals surface area contributed by atoms with E-state index in [1.807, 2.05) is 17.2 Å². The van der Waals surface area contributed by atoms with Crippen molar-refractivity contribution >= 4 is 68.9 Å². The maximum Gasteiger partial charge on any atom is 0.286 e. The predicted molar refractivity (Wildman–Crippen MR) is 418 cm³/mol. The number of piperidine rings is 2. The Balaban J connectivity index is 0.000000302. The summed E-state index contributed by atoms with van der Waals surface area (Å²) in [7, 11) is 1.00. The number of thiazole rings is 2. The van der Waals surface area contributed by atoms with E-state index in [0.29, 0.717) is 53.5 Å². The second-order valence-electron chi connectivity index (χ2n) is 28.6. The summed E-state index contributed by atoms with van der Waals surface area (Å²) in [5.41, 5.74) is 12.7. The minimum atomic E-state index is -0.513. The molecule has 554 valence electrons. The highest BCUT2D eigenvalue weighted by atomic mass is 32.1. The lowest BCUT2D eigenvalue weighted by atomic mass is 9.93. The molecule has 16 nitrogen and oxygen atoms in total. The molecule has 6 heterocycles. The van der Waals surface area contributed by atoms with Crippen LogP contribution in [0.5, 0.6) is 0 Å². The topological polar surface area (TPSA) is 198 Å². The van der Waals surface area contributed by atoms with Gasteiger partial charge in [-0.2, -0.15) is 10.5 Å². The Kier molecular flexibility index (Phi) is 36.6. The zero-order valence-corrected chi connectivity index (χ0v) is 66.6. The third-order valence-electron chi connectivity index (χ3n) is 20.7. The van der Waals surface area contributed by atoms with Gasteiger partial charge < -0.3 is 14.9 Å². The first-order valence-electron chi connectivity index (χ1n) is 38.4. The molecule has 0 aliphatic carbocycles. The number of rotatable bonds is 32. The molecular formula is C83H124N10O6S2.